The molecule has 1 aromatic rings. The van der Waals surface area contributed by atoms with E-state index < -0.39 is 10.0 Å². The number of pyridine rings is 1. The smallest absolute Gasteiger partial charge is 0.254 e. The number of carbonyl (C=O) groups excluding carboxylic acids is 1. The molecule has 0 saturated carbocycles. The zero-order chi connectivity index (χ0) is 14.3. The fraction of sp³-hybridized carbons (Fsp3) is 0.455. The second-order valence-corrected chi connectivity index (χ2v) is 5.71. The number of anilines is 1. The van der Waals surface area contributed by atoms with Crippen LogP contribution < -0.4 is 15.4 Å². The Kier molecular flexibility index (Phi) is 5.71. The number of rotatable bonds is 7. The van der Waals surface area contributed by atoms with E-state index in [1.165, 1.54) is 6.20 Å². The molecule has 0 aliphatic carbocycles. The lowest BCUT2D eigenvalue weighted by molar-refractivity contribution is 0.0955. The predicted molar refractivity (Wildman–Crippen MR) is 73.6 cm³/mol. The van der Waals surface area contributed by atoms with Crippen LogP contribution >= 0.6 is 0 Å². The Labute approximate surface area is 112 Å². The number of nitrogens with zero attached hydrogens (tertiary/aromatic N) is 1. The SMILES string of the molecule is CCNc1ccncc1C(=O)NCCNS(C)(=O)=O. The summed E-state index contributed by atoms with van der Waals surface area (Å²) < 4.78 is 24.0. The normalized spacial score (nSPS) is 11.1. The van der Waals surface area contributed by atoms with Crippen molar-refractivity contribution >= 4 is 21.6 Å². The Morgan fingerprint density at radius 1 is 1.37 bits per heavy atom. The van der Waals surface area contributed by atoms with Crippen molar-refractivity contribution in [1.29, 1.82) is 0 Å². The molecule has 1 amide bonds. The van der Waals surface area contributed by atoms with Gasteiger partial charge in [-0.3, -0.25) is 9.78 Å². The van der Waals surface area contributed by atoms with E-state index in [0.29, 0.717) is 17.8 Å². The second-order valence-electron chi connectivity index (χ2n) is 3.87. The first-order valence-electron chi connectivity index (χ1n) is 5.84. The topological polar surface area (TPSA) is 100 Å². The lowest BCUT2D eigenvalue weighted by atomic mass is 10.2. The van der Waals surface area contributed by atoms with Crippen molar-refractivity contribution in [3.63, 3.8) is 0 Å². The third-order valence-electron chi connectivity index (χ3n) is 2.21. The molecule has 0 spiro atoms. The van der Waals surface area contributed by atoms with Gasteiger partial charge in [0.1, 0.15) is 0 Å². The van der Waals surface area contributed by atoms with Crippen LogP contribution in [-0.2, 0) is 10.0 Å². The molecule has 8 heteroatoms. The molecule has 0 fully saturated rings. The number of nitrogens with one attached hydrogen (secondary N) is 3. The van der Waals surface area contributed by atoms with E-state index in [0.717, 1.165) is 6.26 Å². The number of aromatic nitrogens is 1. The van der Waals surface area contributed by atoms with Crippen molar-refractivity contribution in [3.05, 3.63) is 24.0 Å². The molecule has 1 rings (SSSR count). The van der Waals surface area contributed by atoms with Crippen LogP contribution in [-0.4, -0.2) is 45.2 Å². The number of sulfonamides is 1. The summed E-state index contributed by atoms with van der Waals surface area (Å²) in [5.41, 5.74) is 1.13. The van der Waals surface area contributed by atoms with Gasteiger partial charge in [-0.2, -0.15) is 0 Å². The standard InChI is InChI=1S/C11H18N4O3S/c1-3-13-10-4-5-12-8-9(10)11(16)14-6-7-15-19(2,17)18/h4-5,8,15H,3,6-7H2,1-2H3,(H,12,13)(H,14,16). The molecule has 1 aromatic heterocycles. The molecule has 3 N–H and O–H groups in total. The summed E-state index contributed by atoms with van der Waals surface area (Å²) in [5, 5.41) is 5.68. The fourth-order valence-corrected chi connectivity index (χ4v) is 1.90. The molecular weight excluding hydrogens is 268 g/mol. The minimum Gasteiger partial charge on any atom is -0.385 e. The largest absolute Gasteiger partial charge is 0.385 e. The van der Waals surface area contributed by atoms with Gasteiger partial charge in [0.05, 0.1) is 17.5 Å². The average molecular weight is 286 g/mol. The van der Waals surface area contributed by atoms with Crippen LogP contribution in [0.1, 0.15) is 17.3 Å². The first-order valence-corrected chi connectivity index (χ1v) is 7.74. The van der Waals surface area contributed by atoms with Crippen LogP contribution in [0, 0.1) is 0 Å². The summed E-state index contributed by atoms with van der Waals surface area (Å²) in [6.07, 6.45) is 4.14. The Morgan fingerprint density at radius 2 is 2.11 bits per heavy atom. The van der Waals surface area contributed by atoms with E-state index >= 15 is 0 Å². The van der Waals surface area contributed by atoms with Crippen LogP contribution in [0.4, 0.5) is 5.69 Å². The fourth-order valence-electron chi connectivity index (χ4n) is 1.43. The summed E-state index contributed by atoms with van der Waals surface area (Å²) in [5.74, 6) is -0.292. The minimum absolute atomic E-state index is 0.154. The molecule has 0 radical (unpaired) electrons. The lowest BCUT2D eigenvalue weighted by Gasteiger charge is -2.10. The van der Waals surface area contributed by atoms with Gasteiger partial charge in [-0.15, -0.1) is 0 Å². The van der Waals surface area contributed by atoms with Gasteiger partial charge in [0.25, 0.3) is 5.91 Å². The maximum absolute atomic E-state index is 11.9. The first kappa shape index (κ1) is 15.4. The van der Waals surface area contributed by atoms with E-state index in [1.54, 1.807) is 12.3 Å². The molecule has 7 nitrogen and oxygen atoms in total. The summed E-state index contributed by atoms with van der Waals surface area (Å²) in [7, 11) is -3.23. The number of hydrogen-bond donors (Lipinski definition) is 3. The molecule has 0 aliphatic heterocycles. The Hall–Kier alpha value is -1.67. The van der Waals surface area contributed by atoms with Crippen LogP contribution in [0.2, 0.25) is 0 Å². The molecule has 1 heterocycles. The highest BCUT2D eigenvalue weighted by atomic mass is 32.2. The summed E-state index contributed by atoms with van der Waals surface area (Å²) in [4.78, 5) is 15.8. The van der Waals surface area contributed by atoms with E-state index in [-0.39, 0.29) is 19.0 Å². The zero-order valence-corrected chi connectivity index (χ0v) is 11.8. The third kappa shape index (κ3) is 5.66. The molecule has 19 heavy (non-hydrogen) atoms. The predicted octanol–water partition coefficient (Wildman–Crippen LogP) is -0.208. The van der Waals surface area contributed by atoms with Gasteiger partial charge in [0.2, 0.25) is 10.0 Å². The van der Waals surface area contributed by atoms with Crippen LogP contribution in [0.5, 0.6) is 0 Å². The molecule has 0 atom stereocenters. The summed E-state index contributed by atoms with van der Waals surface area (Å²) in [6, 6.07) is 1.72. The van der Waals surface area contributed by atoms with Gasteiger partial charge >= 0.3 is 0 Å². The molecule has 0 unspecified atom stereocenters. The molecule has 0 saturated heterocycles. The van der Waals surface area contributed by atoms with Crippen molar-refractivity contribution in [2.24, 2.45) is 0 Å². The van der Waals surface area contributed by atoms with E-state index in [1.807, 2.05) is 6.92 Å². The van der Waals surface area contributed by atoms with Crippen molar-refractivity contribution in [2.45, 2.75) is 6.92 Å². The van der Waals surface area contributed by atoms with Gasteiger partial charge in [0.15, 0.2) is 0 Å². The second kappa shape index (κ2) is 7.05. The lowest BCUT2D eigenvalue weighted by Crippen LogP contribution is -2.34. The Balaban J connectivity index is 2.54. The zero-order valence-electron chi connectivity index (χ0n) is 10.9. The first-order chi connectivity index (χ1) is 8.94. The van der Waals surface area contributed by atoms with Crippen molar-refractivity contribution < 1.29 is 13.2 Å². The highest BCUT2D eigenvalue weighted by molar-refractivity contribution is 7.88. The highest BCUT2D eigenvalue weighted by Gasteiger charge is 2.10. The van der Waals surface area contributed by atoms with Gasteiger partial charge in [-0.1, -0.05) is 0 Å². The van der Waals surface area contributed by atoms with Crippen LogP contribution in [0.3, 0.4) is 0 Å². The molecule has 0 bridgehead atoms. The van der Waals surface area contributed by atoms with Crippen LogP contribution in [0.15, 0.2) is 18.5 Å². The quantitative estimate of drug-likeness (QED) is 0.602. The third-order valence-corrected chi connectivity index (χ3v) is 2.94. The maximum Gasteiger partial charge on any atom is 0.254 e. The van der Waals surface area contributed by atoms with Crippen molar-refractivity contribution in [3.8, 4) is 0 Å². The summed E-state index contributed by atoms with van der Waals surface area (Å²) >= 11 is 0. The van der Waals surface area contributed by atoms with Gasteiger partial charge in [-0.05, 0) is 13.0 Å². The average Bonchev–Trinajstić information content (AvgIpc) is 2.34. The van der Waals surface area contributed by atoms with Crippen molar-refractivity contribution in [2.75, 3.05) is 31.2 Å². The van der Waals surface area contributed by atoms with E-state index in [4.69, 9.17) is 0 Å². The van der Waals surface area contributed by atoms with Crippen molar-refractivity contribution in [1.82, 2.24) is 15.0 Å². The van der Waals surface area contributed by atoms with Gasteiger partial charge in [-0.25, -0.2) is 13.1 Å². The van der Waals surface area contributed by atoms with Gasteiger partial charge < -0.3 is 10.6 Å². The number of amides is 1. The molecular formula is C11H18N4O3S. The number of carbonyl (C=O) groups is 1. The molecule has 0 aliphatic rings. The number of hydrogen-bond acceptors (Lipinski definition) is 5. The molecule has 106 valence electrons. The maximum atomic E-state index is 11.9. The van der Waals surface area contributed by atoms with Gasteiger partial charge in [0, 0.05) is 32.0 Å². The van der Waals surface area contributed by atoms with Crippen LogP contribution in [0.25, 0.3) is 0 Å². The van der Waals surface area contributed by atoms with E-state index in [9.17, 15) is 13.2 Å². The van der Waals surface area contributed by atoms with E-state index in [2.05, 4.69) is 20.3 Å². The monoisotopic (exact) mass is 286 g/mol. The Morgan fingerprint density at radius 3 is 2.74 bits per heavy atom. The summed E-state index contributed by atoms with van der Waals surface area (Å²) in [6.45, 7) is 2.99. The molecule has 0 aromatic carbocycles. The Bertz CT molecular complexity index is 530. The minimum atomic E-state index is -3.23. The highest BCUT2D eigenvalue weighted by Crippen LogP contribution is 2.12.